The number of piperidine rings is 1. The second-order valence-electron chi connectivity index (χ2n) is 5.34. The fraction of sp³-hybridized carbons (Fsp3) is 1.00. The van der Waals surface area contributed by atoms with Crippen LogP contribution in [0.25, 0.3) is 0 Å². The fourth-order valence-corrected chi connectivity index (χ4v) is 2.41. The van der Waals surface area contributed by atoms with E-state index in [-0.39, 0.29) is 0 Å². The molecule has 0 aromatic rings. The lowest BCUT2D eigenvalue weighted by Gasteiger charge is -2.35. The molecule has 15 heavy (non-hydrogen) atoms. The quantitative estimate of drug-likeness (QED) is 0.758. The molecule has 0 bridgehead atoms. The SMILES string of the molecule is CCC(CN)CCN1CCC(C)C(C)C1. The van der Waals surface area contributed by atoms with E-state index in [0.29, 0.717) is 0 Å². The molecule has 90 valence electrons. The van der Waals surface area contributed by atoms with Crippen molar-refractivity contribution in [3.8, 4) is 0 Å². The van der Waals surface area contributed by atoms with E-state index < -0.39 is 0 Å². The highest BCUT2D eigenvalue weighted by atomic mass is 15.1. The highest BCUT2D eigenvalue weighted by Crippen LogP contribution is 2.22. The van der Waals surface area contributed by atoms with Crippen LogP contribution in [0, 0.1) is 17.8 Å². The predicted molar refractivity (Wildman–Crippen MR) is 66.8 cm³/mol. The second-order valence-corrected chi connectivity index (χ2v) is 5.34. The Labute approximate surface area is 95.2 Å². The van der Waals surface area contributed by atoms with Crippen LogP contribution in [-0.4, -0.2) is 31.1 Å². The minimum absolute atomic E-state index is 0.736. The van der Waals surface area contributed by atoms with Crippen LogP contribution in [0.1, 0.15) is 40.0 Å². The lowest BCUT2D eigenvalue weighted by Crippen LogP contribution is -2.39. The van der Waals surface area contributed by atoms with Gasteiger partial charge in [0, 0.05) is 6.54 Å². The Hall–Kier alpha value is -0.0800. The van der Waals surface area contributed by atoms with Crippen molar-refractivity contribution in [2.24, 2.45) is 23.5 Å². The van der Waals surface area contributed by atoms with E-state index in [2.05, 4.69) is 25.7 Å². The first kappa shape index (κ1) is 13.0. The smallest absolute Gasteiger partial charge is 0.000957 e. The van der Waals surface area contributed by atoms with Gasteiger partial charge in [-0.2, -0.15) is 0 Å². The van der Waals surface area contributed by atoms with Gasteiger partial charge in [-0.1, -0.05) is 27.2 Å². The molecule has 1 heterocycles. The van der Waals surface area contributed by atoms with E-state index in [1.165, 1.54) is 38.9 Å². The van der Waals surface area contributed by atoms with Crippen LogP contribution in [0.4, 0.5) is 0 Å². The summed E-state index contributed by atoms with van der Waals surface area (Å²) in [6.07, 6.45) is 3.89. The van der Waals surface area contributed by atoms with Crippen LogP contribution in [0.2, 0.25) is 0 Å². The third-order valence-corrected chi connectivity index (χ3v) is 4.18. The van der Waals surface area contributed by atoms with Gasteiger partial charge in [-0.3, -0.25) is 0 Å². The van der Waals surface area contributed by atoms with Gasteiger partial charge in [0.25, 0.3) is 0 Å². The molecule has 1 fully saturated rings. The summed E-state index contributed by atoms with van der Waals surface area (Å²) in [6, 6.07) is 0. The Morgan fingerprint density at radius 1 is 1.33 bits per heavy atom. The number of rotatable bonds is 5. The van der Waals surface area contributed by atoms with E-state index in [9.17, 15) is 0 Å². The molecule has 2 nitrogen and oxygen atoms in total. The summed E-state index contributed by atoms with van der Waals surface area (Å²) in [4.78, 5) is 2.63. The van der Waals surface area contributed by atoms with E-state index in [4.69, 9.17) is 5.73 Å². The molecule has 0 aromatic heterocycles. The number of nitrogens with two attached hydrogens (primary N) is 1. The first-order chi connectivity index (χ1) is 7.17. The van der Waals surface area contributed by atoms with Crippen LogP contribution < -0.4 is 5.73 Å². The standard InChI is InChI=1S/C13H28N2/c1-4-13(9-14)6-8-15-7-5-11(2)12(3)10-15/h11-13H,4-10,14H2,1-3H3. The molecule has 0 radical (unpaired) electrons. The minimum Gasteiger partial charge on any atom is -0.330 e. The van der Waals surface area contributed by atoms with Gasteiger partial charge in [-0.25, -0.2) is 0 Å². The van der Waals surface area contributed by atoms with Gasteiger partial charge in [0.1, 0.15) is 0 Å². The summed E-state index contributed by atoms with van der Waals surface area (Å²) < 4.78 is 0. The molecule has 3 atom stereocenters. The zero-order valence-electron chi connectivity index (χ0n) is 10.7. The number of nitrogens with zero attached hydrogens (tertiary/aromatic N) is 1. The van der Waals surface area contributed by atoms with Crippen LogP contribution in [-0.2, 0) is 0 Å². The lowest BCUT2D eigenvalue weighted by atomic mass is 9.88. The Morgan fingerprint density at radius 2 is 2.07 bits per heavy atom. The van der Waals surface area contributed by atoms with Crippen molar-refractivity contribution in [3.63, 3.8) is 0 Å². The van der Waals surface area contributed by atoms with E-state index in [1.807, 2.05) is 0 Å². The molecular formula is C13H28N2. The minimum atomic E-state index is 0.736. The second kappa shape index (κ2) is 6.49. The number of likely N-dealkylation sites (tertiary alicyclic amines) is 1. The van der Waals surface area contributed by atoms with Crippen LogP contribution >= 0.6 is 0 Å². The molecular weight excluding hydrogens is 184 g/mol. The monoisotopic (exact) mass is 212 g/mol. The Morgan fingerprint density at radius 3 is 2.60 bits per heavy atom. The van der Waals surface area contributed by atoms with Crippen LogP contribution in [0.3, 0.4) is 0 Å². The summed E-state index contributed by atoms with van der Waals surface area (Å²) in [6.45, 7) is 11.7. The van der Waals surface area contributed by atoms with Crippen molar-refractivity contribution >= 4 is 0 Å². The molecule has 2 N–H and O–H groups in total. The van der Waals surface area contributed by atoms with Crippen molar-refractivity contribution < 1.29 is 0 Å². The fourth-order valence-electron chi connectivity index (χ4n) is 2.41. The van der Waals surface area contributed by atoms with Gasteiger partial charge in [0.05, 0.1) is 0 Å². The Bertz CT molecular complexity index is 166. The molecule has 0 amide bonds. The first-order valence-electron chi connectivity index (χ1n) is 6.59. The van der Waals surface area contributed by atoms with Crippen LogP contribution in [0.15, 0.2) is 0 Å². The Kier molecular flexibility index (Phi) is 5.62. The molecule has 0 spiro atoms. The molecule has 1 saturated heterocycles. The van der Waals surface area contributed by atoms with E-state index in [0.717, 1.165) is 24.3 Å². The number of hydrogen-bond acceptors (Lipinski definition) is 2. The Balaban J connectivity index is 2.22. The topological polar surface area (TPSA) is 29.3 Å². The molecule has 1 aliphatic heterocycles. The molecule has 1 aliphatic rings. The number of hydrogen-bond donors (Lipinski definition) is 1. The summed E-state index contributed by atoms with van der Waals surface area (Å²) in [5.41, 5.74) is 5.73. The van der Waals surface area contributed by atoms with Gasteiger partial charge < -0.3 is 10.6 Å². The molecule has 2 heteroatoms. The van der Waals surface area contributed by atoms with Crippen molar-refractivity contribution in [3.05, 3.63) is 0 Å². The maximum atomic E-state index is 5.73. The highest BCUT2D eigenvalue weighted by Gasteiger charge is 2.22. The third-order valence-electron chi connectivity index (χ3n) is 4.18. The van der Waals surface area contributed by atoms with Gasteiger partial charge in [0.2, 0.25) is 0 Å². The first-order valence-corrected chi connectivity index (χ1v) is 6.59. The summed E-state index contributed by atoms with van der Waals surface area (Å²) in [5.74, 6) is 2.52. The van der Waals surface area contributed by atoms with E-state index in [1.54, 1.807) is 0 Å². The molecule has 1 rings (SSSR count). The van der Waals surface area contributed by atoms with Crippen molar-refractivity contribution in [1.82, 2.24) is 4.90 Å². The highest BCUT2D eigenvalue weighted by molar-refractivity contribution is 4.75. The normalized spacial score (nSPS) is 30.4. The lowest BCUT2D eigenvalue weighted by molar-refractivity contribution is 0.131. The molecule has 3 unspecified atom stereocenters. The molecule has 0 aliphatic carbocycles. The van der Waals surface area contributed by atoms with Crippen molar-refractivity contribution in [2.75, 3.05) is 26.2 Å². The summed E-state index contributed by atoms with van der Waals surface area (Å²) in [5, 5.41) is 0. The van der Waals surface area contributed by atoms with Gasteiger partial charge in [-0.05, 0) is 50.2 Å². The zero-order chi connectivity index (χ0) is 11.3. The predicted octanol–water partition coefficient (Wildman–Crippen LogP) is 2.34. The maximum Gasteiger partial charge on any atom is 0.000957 e. The average Bonchev–Trinajstić information content (AvgIpc) is 2.24. The van der Waals surface area contributed by atoms with Gasteiger partial charge in [-0.15, -0.1) is 0 Å². The van der Waals surface area contributed by atoms with Gasteiger partial charge >= 0.3 is 0 Å². The zero-order valence-corrected chi connectivity index (χ0v) is 10.7. The van der Waals surface area contributed by atoms with Crippen LogP contribution in [0.5, 0.6) is 0 Å². The average molecular weight is 212 g/mol. The van der Waals surface area contributed by atoms with Crippen molar-refractivity contribution in [2.45, 2.75) is 40.0 Å². The largest absolute Gasteiger partial charge is 0.330 e. The van der Waals surface area contributed by atoms with Crippen molar-refractivity contribution in [1.29, 1.82) is 0 Å². The third kappa shape index (κ3) is 4.12. The maximum absolute atomic E-state index is 5.73. The summed E-state index contributed by atoms with van der Waals surface area (Å²) in [7, 11) is 0. The van der Waals surface area contributed by atoms with E-state index >= 15 is 0 Å². The molecule has 0 saturated carbocycles. The summed E-state index contributed by atoms with van der Waals surface area (Å²) >= 11 is 0. The molecule has 0 aromatic carbocycles. The van der Waals surface area contributed by atoms with Gasteiger partial charge in [0.15, 0.2) is 0 Å².